The van der Waals surface area contributed by atoms with Gasteiger partial charge in [0.1, 0.15) is 0 Å². The molecular weight excluding hydrogens is 312 g/mol. The highest BCUT2D eigenvalue weighted by Gasteiger charge is 2.38. The van der Waals surface area contributed by atoms with E-state index >= 15 is 0 Å². The van der Waals surface area contributed by atoms with Crippen LogP contribution in [0.5, 0.6) is 0 Å². The van der Waals surface area contributed by atoms with Crippen LogP contribution in [0.25, 0.3) is 0 Å². The van der Waals surface area contributed by atoms with Gasteiger partial charge in [-0.3, -0.25) is 4.79 Å². The maximum absolute atomic E-state index is 12.9. The topological polar surface area (TPSA) is 57.7 Å². The van der Waals surface area contributed by atoms with Crippen molar-refractivity contribution in [1.29, 1.82) is 0 Å². The lowest BCUT2D eigenvalue weighted by molar-refractivity contribution is 0.0664. The molecule has 2 aliphatic rings. The van der Waals surface area contributed by atoms with E-state index in [9.17, 15) is 13.2 Å². The van der Waals surface area contributed by atoms with Gasteiger partial charge in [0.15, 0.2) is 9.84 Å². The lowest BCUT2D eigenvalue weighted by atomic mass is 10.0. The first kappa shape index (κ1) is 16.5. The van der Waals surface area contributed by atoms with Crippen LogP contribution >= 0.6 is 0 Å². The number of likely N-dealkylation sites (tertiary alicyclic amines) is 2. The van der Waals surface area contributed by atoms with Crippen molar-refractivity contribution in [3.8, 4) is 0 Å². The number of nitrogens with zero attached hydrogens (tertiary/aromatic N) is 2. The second kappa shape index (κ2) is 6.24. The van der Waals surface area contributed by atoms with Crippen molar-refractivity contribution in [2.45, 2.75) is 42.7 Å². The smallest absolute Gasteiger partial charge is 0.254 e. The Labute approximate surface area is 138 Å². The van der Waals surface area contributed by atoms with E-state index < -0.39 is 9.84 Å². The highest BCUT2D eigenvalue weighted by atomic mass is 32.2. The minimum atomic E-state index is -3.30. The van der Waals surface area contributed by atoms with Crippen LogP contribution in [0.4, 0.5) is 0 Å². The first-order valence-corrected chi connectivity index (χ1v) is 10.1. The van der Waals surface area contributed by atoms with Crippen LogP contribution < -0.4 is 0 Å². The summed E-state index contributed by atoms with van der Waals surface area (Å²) in [7, 11) is -1.17. The van der Waals surface area contributed by atoms with Crippen molar-refractivity contribution in [3.05, 3.63) is 29.8 Å². The molecule has 5 nitrogen and oxygen atoms in total. The number of carbonyl (C=O) groups excluding carboxylic acids is 1. The fraction of sp³-hybridized carbons (Fsp3) is 0.588. The molecule has 1 aromatic carbocycles. The van der Waals surface area contributed by atoms with Crippen LogP contribution in [0.2, 0.25) is 0 Å². The minimum Gasteiger partial charge on any atom is -0.334 e. The molecule has 23 heavy (non-hydrogen) atoms. The fourth-order valence-electron chi connectivity index (χ4n) is 3.89. The number of rotatable bonds is 3. The first-order valence-electron chi connectivity index (χ1n) is 8.19. The Morgan fingerprint density at radius 1 is 1.13 bits per heavy atom. The highest BCUT2D eigenvalue weighted by molar-refractivity contribution is 7.90. The van der Waals surface area contributed by atoms with E-state index in [1.54, 1.807) is 18.2 Å². The SMILES string of the molecule is CN1CCC[C@@H]1[C@H]1CCCN1C(=O)c1cccc(S(C)(=O)=O)c1. The fourth-order valence-corrected chi connectivity index (χ4v) is 4.56. The number of sulfone groups is 1. The predicted octanol–water partition coefficient (Wildman–Crippen LogP) is 1.79. The highest BCUT2D eigenvalue weighted by Crippen LogP contribution is 2.30. The normalized spacial score (nSPS) is 25.9. The average molecular weight is 336 g/mol. The van der Waals surface area contributed by atoms with Crippen molar-refractivity contribution in [2.24, 2.45) is 0 Å². The molecule has 126 valence electrons. The molecular formula is C17H24N2O3S. The molecule has 0 spiro atoms. The Balaban J connectivity index is 1.85. The van der Waals surface area contributed by atoms with E-state index in [-0.39, 0.29) is 16.8 Å². The molecule has 1 amide bonds. The lowest BCUT2D eigenvalue weighted by Crippen LogP contribution is -2.47. The van der Waals surface area contributed by atoms with E-state index in [1.807, 2.05) is 4.90 Å². The third kappa shape index (κ3) is 3.28. The van der Waals surface area contributed by atoms with E-state index in [0.717, 1.165) is 32.4 Å². The monoisotopic (exact) mass is 336 g/mol. The molecule has 0 aromatic heterocycles. The maximum Gasteiger partial charge on any atom is 0.254 e. The van der Waals surface area contributed by atoms with Gasteiger partial charge in [-0.15, -0.1) is 0 Å². The van der Waals surface area contributed by atoms with Gasteiger partial charge in [0, 0.05) is 30.4 Å². The van der Waals surface area contributed by atoms with Gasteiger partial charge >= 0.3 is 0 Å². The van der Waals surface area contributed by atoms with Crippen LogP contribution in [-0.2, 0) is 9.84 Å². The van der Waals surface area contributed by atoms with Gasteiger partial charge in [0.25, 0.3) is 5.91 Å². The summed E-state index contributed by atoms with van der Waals surface area (Å²) < 4.78 is 23.4. The summed E-state index contributed by atoms with van der Waals surface area (Å²) in [5.41, 5.74) is 0.473. The van der Waals surface area contributed by atoms with Gasteiger partial charge < -0.3 is 9.80 Å². The maximum atomic E-state index is 12.9. The molecule has 0 saturated carbocycles. The van der Waals surface area contributed by atoms with Crippen molar-refractivity contribution < 1.29 is 13.2 Å². The summed E-state index contributed by atoms with van der Waals surface area (Å²) in [5, 5.41) is 0. The summed E-state index contributed by atoms with van der Waals surface area (Å²) in [6.07, 6.45) is 5.54. The molecule has 2 heterocycles. The second-order valence-electron chi connectivity index (χ2n) is 6.70. The van der Waals surface area contributed by atoms with E-state index in [4.69, 9.17) is 0 Å². The molecule has 0 radical (unpaired) electrons. The van der Waals surface area contributed by atoms with Crippen molar-refractivity contribution in [1.82, 2.24) is 9.80 Å². The number of amides is 1. The van der Waals surface area contributed by atoms with Crippen molar-refractivity contribution in [2.75, 3.05) is 26.4 Å². The second-order valence-corrected chi connectivity index (χ2v) is 8.71. The van der Waals surface area contributed by atoms with Gasteiger partial charge in [0.05, 0.1) is 4.90 Å². The third-order valence-corrected chi connectivity index (χ3v) is 6.20. The largest absolute Gasteiger partial charge is 0.334 e. The molecule has 1 aromatic rings. The Bertz CT molecular complexity index is 702. The summed E-state index contributed by atoms with van der Waals surface area (Å²) in [5.74, 6) is -0.0432. The first-order chi connectivity index (χ1) is 10.9. The molecule has 2 aliphatic heterocycles. The molecule has 2 fully saturated rings. The molecule has 6 heteroatoms. The summed E-state index contributed by atoms with van der Waals surface area (Å²) in [6.45, 7) is 1.85. The molecule has 0 unspecified atom stereocenters. The van der Waals surface area contributed by atoms with Crippen LogP contribution in [0, 0.1) is 0 Å². The van der Waals surface area contributed by atoms with Gasteiger partial charge in [-0.2, -0.15) is 0 Å². The van der Waals surface area contributed by atoms with Crippen LogP contribution in [0.1, 0.15) is 36.0 Å². The zero-order valence-electron chi connectivity index (χ0n) is 13.7. The zero-order valence-corrected chi connectivity index (χ0v) is 14.6. The molecule has 0 aliphatic carbocycles. The minimum absolute atomic E-state index is 0.0432. The number of hydrogen-bond acceptors (Lipinski definition) is 4. The summed E-state index contributed by atoms with van der Waals surface area (Å²) >= 11 is 0. The Morgan fingerprint density at radius 2 is 1.83 bits per heavy atom. The zero-order chi connectivity index (χ0) is 16.6. The number of benzene rings is 1. The van der Waals surface area contributed by atoms with Crippen LogP contribution in [-0.4, -0.2) is 62.6 Å². The van der Waals surface area contributed by atoms with Crippen molar-refractivity contribution >= 4 is 15.7 Å². The summed E-state index contributed by atoms with van der Waals surface area (Å²) in [4.78, 5) is 17.4. The summed E-state index contributed by atoms with van der Waals surface area (Å²) in [6, 6.07) is 7.08. The Hall–Kier alpha value is -1.40. The lowest BCUT2D eigenvalue weighted by Gasteiger charge is -2.33. The van der Waals surface area contributed by atoms with Gasteiger partial charge in [-0.05, 0) is 57.5 Å². The quantitative estimate of drug-likeness (QED) is 0.844. The van der Waals surface area contributed by atoms with E-state index in [2.05, 4.69) is 11.9 Å². The van der Waals surface area contributed by atoms with Gasteiger partial charge in [0.2, 0.25) is 0 Å². The average Bonchev–Trinajstić information content (AvgIpc) is 3.14. The Kier molecular flexibility index (Phi) is 4.47. The van der Waals surface area contributed by atoms with E-state index in [1.165, 1.54) is 18.7 Å². The number of hydrogen-bond donors (Lipinski definition) is 0. The van der Waals surface area contributed by atoms with Gasteiger partial charge in [-0.1, -0.05) is 6.07 Å². The molecule has 2 atom stereocenters. The predicted molar refractivity (Wildman–Crippen MR) is 89.3 cm³/mol. The number of likely N-dealkylation sites (N-methyl/N-ethyl adjacent to an activating group) is 1. The van der Waals surface area contributed by atoms with Gasteiger partial charge in [-0.25, -0.2) is 8.42 Å². The van der Waals surface area contributed by atoms with Crippen LogP contribution in [0.15, 0.2) is 29.2 Å². The third-order valence-electron chi connectivity index (χ3n) is 5.09. The van der Waals surface area contributed by atoms with Crippen LogP contribution in [0.3, 0.4) is 0 Å². The van der Waals surface area contributed by atoms with Crippen molar-refractivity contribution in [3.63, 3.8) is 0 Å². The Morgan fingerprint density at radius 3 is 2.48 bits per heavy atom. The molecule has 2 saturated heterocycles. The molecule has 0 N–H and O–H groups in total. The standard InChI is InChI=1S/C17H24N2O3S/c1-18-10-4-8-15(18)16-9-5-11-19(16)17(20)13-6-3-7-14(12-13)23(2,21)22/h3,6-7,12,15-16H,4-5,8-11H2,1-2H3/t15-,16-/m1/s1. The molecule has 3 rings (SSSR count). The number of carbonyl (C=O) groups is 1. The van der Waals surface area contributed by atoms with E-state index in [0.29, 0.717) is 11.6 Å². The molecule has 0 bridgehead atoms.